The lowest BCUT2D eigenvalue weighted by Gasteiger charge is -1.95. The molecule has 66 valence electrons. The lowest BCUT2D eigenvalue weighted by molar-refractivity contribution is 0.112. The molecule has 3 nitrogen and oxygen atoms in total. The highest BCUT2D eigenvalue weighted by Gasteiger charge is 2.08. The van der Waals surface area contributed by atoms with Gasteiger partial charge in [-0.3, -0.25) is 4.79 Å². The van der Waals surface area contributed by atoms with Crippen LogP contribution >= 0.6 is 0 Å². The smallest absolute Gasteiger partial charge is 0.177 e. The first-order valence-electron chi connectivity index (χ1n) is 4.04. The standard InChI is InChI=1S/C10H9NO2/c1-6-3-8(5-12)10-9(4-6)7(2)11-13-10/h3-5H,1-2H3. The van der Waals surface area contributed by atoms with E-state index in [0.29, 0.717) is 11.1 Å². The minimum absolute atomic E-state index is 0.565. The van der Waals surface area contributed by atoms with Crippen molar-refractivity contribution in [3.8, 4) is 0 Å². The second-order valence-corrected chi connectivity index (χ2v) is 3.12. The summed E-state index contributed by atoms with van der Waals surface area (Å²) in [4.78, 5) is 10.7. The van der Waals surface area contributed by atoms with Gasteiger partial charge in [-0.15, -0.1) is 0 Å². The molecule has 13 heavy (non-hydrogen) atoms. The molecule has 0 saturated carbocycles. The molecular weight excluding hydrogens is 166 g/mol. The van der Waals surface area contributed by atoms with Gasteiger partial charge in [-0.2, -0.15) is 0 Å². The Morgan fingerprint density at radius 1 is 1.38 bits per heavy atom. The quantitative estimate of drug-likeness (QED) is 0.624. The van der Waals surface area contributed by atoms with Crippen molar-refractivity contribution in [2.45, 2.75) is 13.8 Å². The van der Waals surface area contributed by atoms with E-state index in [1.807, 2.05) is 19.9 Å². The molecule has 1 heterocycles. The zero-order valence-electron chi connectivity index (χ0n) is 7.50. The molecule has 0 fully saturated rings. The van der Waals surface area contributed by atoms with E-state index in [1.165, 1.54) is 0 Å². The molecule has 0 atom stereocenters. The number of benzene rings is 1. The maximum absolute atomic E-state index is 10.7. The minimum Gasteiger partial charge on any atom is -0.355 e. The molecule has 0 amide bonds. The number of aryl methyl sites for hydroxylation is 2. The van der Waals surface area contributed by atoms with Gasteiger partial charge in [0, 0.05) is 5.39 Å². The fraction of sp³-hybridized carbons (Fsp3) is 0.200. The average Bonchev–Trinajstić information content (AvgIpc) is 2.47. The van der Waals surface area contributed by atoms with E-state index in [4.69, 9.17) is 4.52 Å². The predicted octanol–water partition coefficient (Wildman–Crippen LogP) is 2.26. The number of carbonyl (C=O) groups is 1. The number of hydrogen-bond acceptors (Lipinski definition) is 3. The number of hydrogen-bond donors (Lipinski definition) is 0. The van der Waals surface area contributed by atoms with Crippen molar-refractivity contribution in [3.63, 3.8) is 0 Å². The first kappa shape index (κ1) is 7.98. The summed E-state index contributed by atoms with van der Waals surface area (Å²) in [6.45, 7) is 3.80. The van der Waals surface area contributed by atoms with Crippen LogP contribution in [0.4, 0.5) is 0 Å². The summed E-state index contributed by atoms with van der Waals surface area (Å²) in [5.74, 6) is 0. The van der Waals surface area contributed by atoms with Crippen LogP contribution in [0.1, 0.15) is 21.6 Å². The van der Waals surface area contributed by atoms with E-state index in [0.717, 1.165) is 22.9 Å². The predicted molar refractivity (Wildman–Crippen MR) is 48.9 cm³/mol. The molecule has 3 heteroatoms. The number of carbonyl (C=O) groups excluding carboxylic acids is 1. The molecule has 1 aromatic carbocycles. The van der Waals surface area contributed by atoms with Gasteiger partial charge in [0.25, 0.3) is 0 Å². The highest BCUT2D eigenvalue weighted by molar-refractivity contribution is 5.95. The Morgan fingerprint density at radius 2 is 2.15 bits per heavy atom. The topological polar surface area (TPSA) is 43.1 Å². The van der Waals surface area contributed by atoms with Gasteiger partial charge in [-0.25, -0.2) is 0 Å². The number of fused-ring (bicyclic) bond motifs is 1. The lowest BCUT2D eigenvalue weighted by Crippen LogP contribution is -1.83. The average molecular weight is 175 g/mol. The van der Waals surface area contributed by atoms with Crippen LogP contribution in [0, 0.1) is 13.8 Å². The minimum atomic E-state index is 0.565. The van der Waals surface area contributed by atoms with E-state index < -0.39 is 0 Å². The van der Waals surface area contributed by atoms with Gasteiger partial charge < -0.3 is 4.52 Å². The molecule has 1 aromatic heterocycles. The van der Waals surface area contributed by atoms with E-state index in [1.54, 1.807) is 6.07 Å². The first-order valence-corrected chi connectivity index (χ1v) is 4.04. The molecule has 0 aliphatic rings. The summed E-state index contributed by atoms with van der Waals surface area (Å²) in [5.41, 5.74) is 3.01. The third-order valence-electron chi connectivity index (χ3n) is 2.05. The third kappa shape index (κ3) is 1.13. The molecular formula is C10H9NO2. The second kappa shape index (κ2) is 2.69. The fourth-order valence-corrected chi connectivity index (χ4v) is 1.42. The highest BCUT2D eigenvalue weighted by Crippen LogP contribution is 2.22. The van der Waals surface area contributed by atoms with Crippen molar-refractivity contribution in [3.05, 3.63) is 29.0 Å². The van der Waals surface area contributed by atoms with Crippen molar-refractivity contribution in [1.82, 2.24) is 5.16 Å². The Bertz CT molecular complexity index is 471. The Kier molecular flexibility index (Phi) is 1.65. The number of aldehydes is 1. The van der Waals surface area contributed by atoms with E-state index in [-0.39, 0.29) is 0 Å². The van der Waals surface area contributed by atoms with Gasteiger partial charge in [0.15, 0.2) is 11.9 Å². The Morgan fingerprint density at radius 3 is 2.85 bits per heavy atom. The molecule has 0 spiro atoms. The van der Waals surface area contributed by atoms with Crippen LogP contribution in [0.5, 0.6) is 0 Å². The molecule has 0 N–H and O–H groups in total. The van der Waals surface area contributed by atoms with Crippen molar-refractivity contribution in [1.29, 1.82) is 0 Å². The van der Waals surface area contributed by atoms with Crippen LogP contribution in [-0.4, -0.2) is 11.4 Å². The molecule has 0 bridgehead atoms. The molecule has 0 aliphatic heterocycles. The number of nitrogens with zero attached hydrogens (tertiary/aromatic N) is 1. The summed E-state index contributed by atoms with van der Waals surface area (Å²) in [6, 6.07) is 3.76. The summed E-state index contributed by atoms with van der Waals surface area (Å²) in [7, 11) is 0. The van der Waals surface area contributed by atoms with Crippen LogP contribution in [0.2, 0.25) is 0 Å². The zero-order valence-corrected chi connectivity index (χ0v) is 7.50. The summed E-state index contributed by atoms with van der Waals surface area (Å²) >= 11 is 0. The molecule has 2 rings (SSSR count). The van der Waals surface area contributed by atoms with Crippen molar-refractivity contribution in [2.75, 3.05) is 0 Å². The molecule has 0 unspecified atom stereocenters. The van der Waals surface area contributed by atoms with Gasteiger partial charge in [-0.1, -0.05) is 5.16 Å². The zero-order chi connectivity index (χ0) is 9.42. The largest absolute Gasteiger partial charge is 0.355 e. The summed E-state index contributed by atoms with van der Waals surface area (Å²) < 4.78 is 5.04. The maximum Gasteiger partial charge on any atom is 0.177 e. The molecule has 0 saturated heterocycles. The van der Waals surface area contributed by atoms with Gasteiger partial charge in [0.05, 0.1) is 11.3 Å². The van der Waals surface area contributed by atoms with Crippen molar-refractivity contribution >= 4 is 17.3 Å². The van der Waals surface area contributed by atoms with Crippen LogP contribution in [-0.2, 0) is 0 Å². The molecule has 2 aromatic rings. The Labute approximate surface area is 75.3 Å². The van der Waals surface area contributed by atoms with E-state index in [9.17, 15) is 4.79 Å². The van der Waals surface area contributed by atoms with Crippen LogP contribution in [0.25, 0.3) is 11.0 Å². The van der Waals surface area contributed by atoms with Crippen molar-refractivity contribution < 1.29 is 9.32 Å². The van der Waals surface area contributed by atoms with E-state index >= 15 is 0 Å². The molecule has 0 aliphatic carbocycles. The Balaban J connectivity index is 2.91. The highest BCUT2D eigenvalue weighted by atomic mass is 16.5. The fourth-order valence-electron chi connectivity index (χ4n) is 1.42. The summed E-state index contributed by atoms with van der Waals surface area (Å²) in [5, 5.41) is 4.73. The van der Waals surface area contributed by atoms with Crippen LogP contribution in [0.3, 0.4) is 0 Å². The van der Waals surface area contributed by atoms with Gasteiger partial charge in [-0.05, 0) is 31.5 Å². The number of aromatic nitrogens is 1. The van der Waals surface area contributed by atoms with E-state index in [2.05, 4.69) is 5.16 Å². The lowest BCUT2D eigenvalue weighted by atomic mass is 10.1. The van der Waals surface area contributed by atoms with Gasteiger partial charge >= 0.3 is 0 Å². The monoisotopic (exact) mass is 175 g/mol. The SMILES string of the molecule is Cc1cc(C=O)c2onc(C)c2c1. The van der Waals surface area contributed by atoms with Crippen molar-refractivity contribution in [2.24, 2.45) is 0 Å². The van der Waals surface area contributed by atoms with Gasteiger partial charge in [0.2, 0.25) is 0 Å². The second-order valence-electron chi connectivity index (χ2n) is 3.12. The normalized spacial score (nSPS) is 10.6. The first-order chi connectivity index (χ1) is 6.22. The summed E-state index contributed by atoms with van der Waals surface area (Å²) in [6.07, 6.45) is 0.792. The third-order valence-corrected chi connectivity index (χ3v) is 2.05. The Hall–Kier alpha value is -1.64. The molecule has 0 radical (unpaired) electrons. The van der Waals surface area contributed by atoms with Crippen LogP contribution in [0.15, 0.2) is 16.7 Å². The maximum atomic E-state index is 10.7. The van der Waals surface area contributed by atoms with Gasteiger partial charge in [0.1, 0.15) is 0 Å². The van der Waals surface area contributed by atoms with Crippen LogP contribution < -0.4 is 0 Å². The number of rotatable bonds is 1.